The maximum absolute atomic E-state index is 11.7. The summed E-state index contributed by atoms with van der Waals surface area (Å²) >= 11 is 0. The van der Waals surface area contributed by atoms with Crippen LogP contribution in [0.5, 0.6) is 0 Å². The van der Waals surface area contributed by atoms with E-state index in [1.807, 2.05) is 36.9 Å². The lowest BCUT2D eigenvalue weighted by Crippen LogP contribution is -2.26. The molecule has 1 aromatic heterocycles. The van der Waals surface area contributed by atoms with E-state index in [-0.39, 0.29) is 18.3 Å². The maximum atomic E-state index is 11.7. The Kier molecular flexibility index (Phi) is 7.78. The number of amides is 1. The molecule has 0 spiro atoms. The number of halogens is 1. The van der Waals surface area contributed by atoms with Crippen LogP contribution in [-0.2, 0) is 17.9 Å². The second-order valence-corrected chi connectivity index (χ2v) is 5.42. The molecule has 0 fully saturated rings. The van der Waals surface area contributed by atoms with Crippen molar-refractivity contribution in [2.24, 2.45) is 0 Å². The van der Waals surface area contributed by atoms with E-state index in [9.17, 15) is 4.79 Å². The second-order valence-electron chi connectivity index (χ2n) is 5.42. The Morgan fingerprint density at radius 3 is 2.57 bits per heavy atom. The Balaban J connectivity index is 0.00000264. The van der Waals surface area contributed by atoms with Crippen molar-refractivity contribution in [3.8, 4) is 0 Å². The molecule has 0 aliphatic carbocycles. The van der Waals surface area contributed by atoms with Gasteiger partial charge < -0.3 is 10.6 Å². The van der Waals surface area contributed by atoms with Crippen LogP contribution < -0.4 is 10.6 Å². The molecule has 2 aromatic rings. The van der Waals surface area contributed by atoms with Gasteiger partial charge in [-0.3, -0.25) is 9.48 Å². The van der Waals surface area contributed by atoms with Crippen molar-refractivity contribution < 1.29 is 4.79 Å². The van der Waals surface area contributed by atoms with E-state index in [2.05, 4.69) is 34.8 Å². The summed E-state index contributed by atoms with van der Waals surface area (Å²) in [7, 11) is 1.84. The summed E-state index contributed by atoms with van der Waals surface area (Å²) in [6.07, 6.45) is 0.493. The molecular formula is C17H25ClN4O. The monoisotopic (exact) mass is 336 g/mol. The standard InChI is InChI=1S/C17H24N4O.ClH/c1-13-16(11-19-17(22)9-10-18-3)14(2)21(20-13)12-15-7-5-4-6-8-15;/h4-8,18H,9-12H2,1-3H3,(H,19,22);1H. The van der Waals surface area contributed by atoms with E-state index < -0.39 is 0 Å². The number of hydrogen-bond donors (Lipinski definition) is 2. The highest BCUT2D eigenvalue weighted by Gasteiger charge is 2.12. The highest BCUT2D eigenvalue weighted by atomic mass is 35.5. The molecule has 0 radical (unpaired) electrons. The van der Waals surface area contributed by atoms with Crippen LogP contribution in [-0.4, -0.2) is 29.3 Å². The van der Waals surface area contributed by atoms with Crippen LogP contribution in [0.15, 0.2) is 30.3 Å². The predicted molar refractivity (Wildman–Crippen MR) is 94.9 cm³/mol. The van der Waals surface area contributed by atoms with Crippen molar-refractivity contribution in [1.82, 2.24) is 20.4 Å². The molecule has 23 heavy (non-hydrogen) atoms. The quantitative estimate of drug-likeness (QED) is 0.815. The van der Waals surface area contributed by atoms with Gasteiger partial charge in [-0.2, -0.15) is 5.10 Å². The van der Waals surface area contributed by atoms with Crippen LogP contribution in [0.4, 0.5) is 0 Å². The van der Waals surface area contributed by atoms with Crippen molar-refractivity contribution in [2.45, 2.75) is 33.4 Å². The Morgan fingerprint density at radius 2 is 1.91 bits per heavy atom. The fourth-order valence-corrected chi connectivity index (χ4v) is 2.41. The summed E-state index contributed by atoms with van der Waals surface area (Å²) in [5.74, 6) is 0.0592. The number of aromatic nitrogens is 2. The van der Waals surface area contributed by atoms with Crippen LogP contribution in [0.2, 0.25) is 0 Å². The number of hydrogen-bond acceptors (Lipinski definition) is 3. The molecule has 0 unspecified atom stereocenters. The number of carbonyl (C=O) groups excluding carboxylic acids is 1. The van der Waals surface area contributed by atoms with Crippen LogP contribution in [0.1, 0.15) is 28.9 Å². The van der Waals surface area contributed by atoms with E-state index in [0.717, 1.165) is 23.5 Å². The lowest BCUT2D eigenvalue weighted by molar-refractivity contribution is -0.121. The molecule has 2 N–H and O–H groups in total. The summed E-state index contributed by atoms with van der Waals surface area (Å²) in [4.78, 5) is 11.7. The fraction of sp³-hybridized carbons (Fsp3) is 0.412. The zero-order chi connectivity index (χ0) is 15.9. The van der Waals surface area contributed by atoms with Crippen molar-refractivity contribution in [3.05, 3.63) is 52.8 Å². The zero-order valence-corrected chi connectivity index (χ0v) is 14.7. The smallest absolute Gasteiger partial charge is 0.221 e. The molecule has 0 bridgehead atoms. The van der Waals surface area contributed by atoms with Gasteiger partial charge in [0.15, 0.2) is 0 Å². The van der Waals surface area contributed by atoms with E-state index in [1.54, 1.807) is 0 Å². The number of aryl methyl sites for hydroxylation is 1. The molecule has 6 heteroatoms. The third-order valence-electron chi connectivity index (χ3n) is 3.77. The first-order valence-corrected chi connectivity index (χ1v) is 7.60. The SMILES string of the molecule is CNCCC(=O)NCc1c(C)nn(Cc2ccccc2)c1C.Cl. The molecule has 126 valence electrons. The number of carbonyl (C=O) groups is 1. The van der Waals surface area contributed by atoms with Gasteiger partial charge in [0.2, 0.25) is 5.91 Å². The van der Waals surface area contributed by atoms with Gasteiger partial charge in [-0.05, 0) is 26.5 Å². The summed E-state index contributed by atoms with van der Waals surface area (Å²) in [5, 5.41) is 10.5. The Labute approximate surface area is 143 Å². The van der Waals surface area contributed by atoms with Crippen LogP contribution in [0.25, 0.3) is 0 Å². The summed E-state index contributed by atoms with van der Waals surface area (Å²) in [6, 6.07) is 10.3. The second kappa shape index (κ2) is 9.33. The highest BCUT2D eigenvalue weighted by Crippen LogP contribution is 2.14. The summed E-state index contributed by atoms with van der Waals surface area (Å²) in [6.45, 7) is 6.02. The van der Waals surface area contributed by atoms with Gasteiger partial charge in [0.1, 0.15) is 0 Å². The molecule has 0 saturated carbocycles. The minimum Gasteiger partial charge on any atom is -0.352 e. The predicted octanol–water partition coefficient (Wildman–Crippen LogP) is 2.20. The average Bonchev–Trinajstić information content (AvgIpc) is 2.78. The summed E-state index contributed by atoms with van der Waals surface area (Å²) < 4.78 is 2.00. The van der Waals surface area contributed by atoms with Gasteiger partial charge in [-0.15, -0.1) is 12.4 Å². The Hall–Kier alpha value is -1.85. The van der Waals surface area contributed by atoms with E-state index in [1.165, 1.54) is 5.56 Å². The first kappa shape index (κ1) is 19.2. The van der Waals surface area contributed by atoms with Crippen LogP contribution >= 0.6 is 12.4 Å². The molecule has 0 aliphatic rings. The maximum Gasteiger partial charge on any atom is 0.221 e. The van der Waals surface area contributed by atoms with Crippen molar-refractivity contribution in [2.75, 3.05) is 13.6 Å². The van der Waals surface area contributed by atoms with Crippen molar-refractivity contribution in [1.29, 1.82) is 0 Å². The van der Waals surface area contributed by atoms with Gasteiger partial charge in [0.25, 0.3) is 0 Å². The molecule has 0 aliphatic heterocycles. The van der Waals surface area contributed by atoms with Gasteiger partial charge in [-0.25, -0.2) is 0 Å². The number of rotatable bonds is 7. The van der Waals surface area contributed by atoms with E-state index in [4.69, 9.17) is 0 Å². The van der Waals surface area contributed by atoms with Crippen LogP contribution in [0, 0.1) is 13.8 Å². The fourth-order valence-electron chi connectivity index (χ4n) is 2.41. The first-order chi connectivity index (χ1) is 10.6. The van der Waals surface area contributed by atoms with Gasteiger partial charge in [-0.1, -0.05) is 30.3 Å². The highest BCUT2D eigenvalue weighted by molar-refractivity contribution is 5.85. The van der Waals surface area contributed by atoms with Crippen molar-refractivity contribution >= 4 is 18.3 Å². The molecule has 1 amide bonds. The topological polar surface area (TPSA) is 59.0 Å². The minimum atomic E-state index is 0. The lowest BCUT2D eigenvalue weighted by atomic mass is 10.2. The molecule has 2 rings (SSSR count). The van der Waals surface area contributed by atoms with Crippen molar-refractivity contribution in [3.63, 3.8) is 0 Å². The van der Waals surface area contributed by atoms with E-state index in [0.29, 0.717) is 19.5 Å². The van der Waals surface area contributed by atoms with Crippen LogP contribution in [0.3, 0.4) is 0 Å². The first-order valence-electron chi connectivity index (χ1n) is 7.60. The van der Waals surface area contributed by atoms with Gasteiger partial charge in [0, 0.05) is 30.8 Å². The largest absolute Gasteiger partial charge is 0.352 e. The third-order valence-corrected chi connectivity index (χ3v) is 3.77. The number of benzene rings is 1. The molecule has 0 saturated heterocycles. The molecule has 1 aromatic carbocycles. The van der Waals surface area contributed by atoms with Gasteiger partial charge in [0.05, 0.1) is 12.2 Å². The number of nitrogens with one attached hydrogen (secondary N) is 2. The van der Waals surface area contributed by atoms with Gasteiger partial charge >= 0.3 is 0 Å². The Morgan fingerprint density at radius 1 is 1.22 bits per heavy atom. The molecular weight excluding hydrogens is 312 g/mol. The normalized spacial score (nSPS) is 10.2. The summed E-state index contributed by atoms with van der Waals surface area (Å²) in [5.41, 5.74) is 4.41. The molecule has 1 heterocycles. The number of nitrogens with zero attached hydrogens (tertiary/aromatic N) is 2. The molecule has 5 nitrogen and oxygen atoms in total. The Bertz CT molecular complexity index is 625. The zero-order valence-electron chi connectivity index (χ0n) is 13.9. The lowest BCUT2D eigenvalue weighted by Gasteiger charge is -2.07. The average molecular weight is 337 g/mol. The third kappa shape index (κ3) is 5.37. The minimum absolute atomic E-state index is 0. The molecule has 0 atom stereocenters. The van der Waals surface area contributed by atoms with E-state index >= 15 is 0 Å².